The number of nitriles is 1. The smallest absolute Gasteiger partial charge is 0.227 e. The molecule has 0 saturated heterocycles. The molecule has 0 atom stereocenters. The van der Waals surface area contributed by atoms with Gasteiger partial charge in [0.05, 0.1) is 24.7 Å². The van der Waals surface area contributed by atoms with Crippen molar-refractivity contribution in [2.45, 2.75) is 0 Å². The van der Waals surface area contributed by atoms with Crippen LogP contribution in [-0.4, -0.2) is 31.8 Å². The van der Waals surface area contributed by atoms with Gasteiger partial charge in [-0.2, -0.15) is 10.4 Å². The molecule has 0 spiro atoms. The van der Waals surface area contributed by atoms with Gasteiger partial charge in [-0.25, -0.2) is 9.97 Å². The number of hydrogen-bond acceptors (Lipinski definition) is 7. The highest BCUT2D eigenvalue weighted by Crippen LogP contribution is 2.24. The number of nitrogens with one attached hydrogen (secondary N) is 1. The van der Waals surface area contributed by atoms with Crippen LogP contribution in [0, 0.1) is 11.3 Å². The van der Waals surface area contributed by atoms with E-state index < -0.39 is 0 Å². The van der Waals surface area contributed by atoms with Gasteiger partial charge in [0.1, 0.15) is 17.4 Å². The number of aromatic nitrogens is 5. The minimum absolute atomic E-state index is 0.382. The van der Waals surface area contributed by atoms with Gasteiger partial charge >= 0.3 is 0 Å². The lowest BCUT2D eigenvalue weighted by Crippen LogP contribution is -1.97. The normalized spacial score (nSPS) is 10.1. The Morgan fingerprint density at radius 1 is 1.17 bits per heavy atom. The van der Waals surface area contributed by atoms with Crippen LogP contribution in [0.1, 0.15) is 5.56 Å². The molecule has 0 amide bonds. The second-order valence-electron chi connectivity index (χ2n) is 4.70. The van der Waals surface area contributed by atoms with Crippen LogP contribution in [-0.2, 0) is 7.05 Å². The molecule has 1 N–H and O–H groups in total. The number of hydrogen-bond donors (Lipinski definition) is 1. The third kappa shape index (κ3) is 3.08. The van der Waals surface area contributed by atoms with Gasteiger partial charge in [0.25, 0.3) is 0 Å². The number of nitrogens with zero attached hydrogens (tertiary/aromatic N) is 6. The van der Waals surface area contributed by atoms with Crippen molar-refractivity contribution in [2.24, 2.45) is 7.05 Å². The fraction of sp³-hybridized carbons (Fsp3) is 0.133. The number of aryl methyl sites for hydroxylation is 1. The van der Waals surface area contributed by atoms with Crippen molar-refractivity contribution >= 4 is 11.6 Å². The maximum atomic E-state index is 8.98. The van der Waals surface area contributed by atoms with E-state index in [1.165, 1.54) is 13.3 Å². The quantitative estimate of drug-likeness (QED) is 0.785. The van der Waals surface area contributed by atoms with Crippen LogP contribution >= 0.6 is 0 Å². The fourth-order valence-corrected chi connectivity index (χ4v) is 1.99. The number of anilines is 2. The molecule has 0 bridgehead atoms. The van der Waals surface area contributed by atoms with Crippen molar-refractivity contribution in [3.8, 4) is 23.1 Å². The largest absolute Gasteiger partial charge is 0.495 e. The molecule has 23 heavy (non-hydrogen) atoms. The molecule has 3 aromatic rings. The fourth-order valence-electron chi connectivity index (χ4n) is 1.99. The molecule has 0 aliphatic carbocycles. The Balaban J connectivity index is 1.83. The van der Waals surface area contributed by atoms with Crippen LogP contribution in [0.15, 0.2) is 37.1 Å². The van der Waals surface area contributed by atoms with Gasteiger partial charge in [-0.1, -0.05) is 0 Å². The molecule has 114 valence electrons. The predicted octanol–water partition coefficient (Wildman–Crippen LogP) is 1.90. The molecule has 0 unspecified atom stereocenters. The third-order valence-corrected chi connectivity index (χ3v) is 3.11. The first kappa shape index (κ1) is 14.5. The van der Waals surface area contributed by atoms with Crippen molar-refractivity contribution in [1.29, 1.82) is 5.26 Å². The van der Waals surface area contributed by atoms with Gasteiger partial charge in [-0.15, -0.1) is 0 Å². The molecule has 0 saturated carbocycles. The molecule has 0 aliphatic heterocycles. The summed E-state index contributed by atoms with van der Waals surface area (Å²) in [5.74, 6) is 0.928. The highest BCUT2D eigenvalue weighted by atomic mass is 16.5. The van der Waals surface area contributed by atoms with Gasteiger partial charge < -0.3 is 10.1 Å². The maximum absolute atomic E-state index is 8.98. The van der Waals surface area contributed by atoms with Crippen molar-refractivity contribution in [2.75, 3.05) is 12.4 Å². The van der Waals surface area contributed by atoms with E-state index in [0.717, 1.165) is 11.3 Å². The van der Waals surface area contributed by atoms with Crippen LogP contribution in [0.25, 0.3) is 11.3 Å². The van der Waals surface area contributed by atoms with E-state index in [2.05, 4.69) is 25.4 Å². The zero-order valence-corrected chi connectivity index (χ0v) is 12.6. The molecule has 8 nitrogen and oxygen atoms in total. The van der Waals surface area contributed by atoms with E-state index in [1.54, 1.807) is 29.3 Å². The van der Waals surface area contributed by atoms with Gasteiger partial charge in [-0.3, -0.25) is 9.67 Å². The number of methoxy groups -OCH3 is 1. The van der Waals surface area contributed by atoms with Crippen LogP contribution in [0.5, 0.6) is 5.75 Å². The first-order valence-electron chi connectivity index (χ1n) is 6.72. The van der Waals surface area contributed by atoms with Gasteiger partial charge in [0.2, 0.25) is 5.95 Å². The monoisotopic (exact) mass is 307 g/mol. The zero-order chi connectivity index (χ0) is 16.2. The molecule has 8 heteroatoms. The minimum Gasteiger partial charge on any atom is -0.495 e. The molecule has 0 fully saturated rings. The summed E-state index contributed by atoms with van der Waals surface area (Å²) in [6.07, 6.45) is 8.28. The summed E-state index contributed by atoms with van der Waals surface area (Å²) < 4.78 is 6.86. The van der Waals surface area contributed by atoms with Crippen molar-refractivity contribution in [3.05, 3.63) is 42.6 Å². The SMILES string of the molecule is COc1cc(-c2cnc(Nc3cnn(C)c3)nc2)ncc1C#N. The Morgan fingerprint density at radius 3 is 2.57 bits per heavy atom. The van der Waals surface area contributed by atoms with E-state index in [4.69, 9.17) is 10.00 Å². The average molecular weight is 307 g/mol. The zero-order valence-electron chi connectivity index (χ0n) is 12.6. The lowest BCUT2D eigenvalue weighted by molar-refractivity contribution is 0.413. The Morgan fingerprint density at radius 2 is 1.96 bits per heavy atom. The first-order valence-corrected chi connectivity index (χ1v) is 6.72. The van der Waals surface area contributed by atoms with Crippen molar-refractivity contribution in [3.63, 3.8) is 0 Å². The van der Waals surface area contributed by atoms with Gasteiger partial charge in [0, 0.05) is 43.5 Å². The summed E-state index contributed by atoms with van der Waals surface area (Å²) >= 11 is 0. The second-order valence-corrected chi connectivity index (χ2v) is 4.70. The Labute approximate surface area is 132 Å². The van der Waals surface area contributed by atoms with E-state index in [9.17, 15) is 0 Å². The molecule has 3 heterocycles. The molecular formula is C15H13N7O. The standard InChI is InChI=1S/C15H13N7O/c1-22-9-12(8-20-22)21-15-18-6-11(7-19-15)13-3-14(23-2)10(4-16)5-17-13/h3,5-9H,1-2H3,(H,18,19,21). The Kier molecular flexibility index (Phi) is 3.84. The highest BCUT2D eigenvalue weighted by Gasteiger charge is 2.08. The van der Waals surface area contributed by atoms with Gasteiger partial charge in [0.15, 0.2) is 0 Å². The van der Waals surface area contributed by atoms with E-state index in [0.29, 0.717) is 23.0 Å². The Bertz CT molecular complexity index is 864. The molecule has 0 aliphatic rings. The summed E-state index contributed by atoms with van der Waals surface area (Å²) in [5.41, 5.74) is 2.55. The maximum Gasteiger partial charge on any atom is 0.227 e. The molecule has 3 aromatic heterocycles. The summed E-state index contributed by atoms with van der Waals surface area (Å²) in [7, 11) is 3.34. The second kappa shape index (κ2) is 6.11. The van der Waals surface area contributed by atoms with Crippen LogP contribution in [0.2, 0.25) is 0 Å². The molecular weight excluding hydrogens is 294 g/mol. The van der Waals surface area contributed by atoms with E-state index >= 15 is 0 Å². The first-order chi connectivity index (χ1) is 11.2. The number of rotatable bonds is 4. The number of ether oxygens (including phenoxy) is 1. The summed E-state index contributed by atoms with van der Waals surface area (Å²) in [6.45, 7) is 0. The highest BCUT2D eigenvalue weighted by molar-refractivity contribution is 5.62. The summed E-state index contributed by atoms with van der Waals surface area (Å²) in [4.78, 5) is 12.7. The average Bonchev–Trinajstić information content (AvgIpc) is 3.00. The minimum atomic E-state index is 0.382. The molecule has 0 radical (unpaired) electrons. The van der Waals surface area contributed by atoms with Crippen LogP contribution < -0.4 is 10.1 Å². The van der Waals surface area contributed by atoms with Gasteiger partial charge in [-0.05, 0) is 0 Å². The van der Waals surface area contributed by atoms with Crippen LogP contribution in [0.4, 0.5) is 11.6 Å². The van der Waals surface area contributed by atoms with E-state index in [-0.39, 0.29) is 0 Å². The lowest BCUT2D eigenvalue weighted by atomic mass is 10.2. The number of pyridine rings is 1. The predicted molar refractivity (Wildman–Crippen MR) is 83.0 cm³/mol. The molecule has 3 rings (SSSR count). The van der Waals surface area contributed by atoms with Crippen molar-refractivity contribution < 1.29 is 4.74 Å². The summed E-state index contributed by atoms with van der Waals surface area (Å²) in [6, 6.07) is 3.71. The van der Waals surface area contributed by atoms with Crippen molar-refractivity contribution in [1.82, 2.24) is 24.7 Å². The third-order valence-electron chi connectivity index (χ3n) is 3.11. The molecule has 0 aromatic carbocycles. The lowest BCUT2D eigenvalue weighted by Gasteiger charge is -2.06. The summed E-state index contributed by atoms with van der Waals surface area (Å²) in [5, 5.41) is 16.1. The topological polar surface area (TPSA) is 102 Å². The van der Waals surface area contributed by atoms with E-state index in [1.807, 2.05) is 19.3 Å². The van der Waals surface area contributed by atoms with Crippen LogP contribution in [0.3, 0.4) is 0 Å². The Hall–Kier alpha value is -3.47.